The van der Waals surface area contributed by atoms with Gasteiger partial charge in [-0.3, -0.25) is 0 Å². The van der Waals surface area contributed by atoms with E-state index in [1.165, 1.54) is 32.1 Å². The summed E-state index contributed by atoms with van der Waals surface area (Å²) in [7, 11) is 0. The fourth-order valence-electron chi connectivity index (χ4n) is 8.63. The van der Waals surface area contributed by atoms with Crippen molar-refractivity contribution >= 4 is 6.09 Å². The van der Waals surface area contributed by atoms with Gasteiger partial charge in [0.25, 0.3) is 0 Å². The van der Waals surface area contributed by atoms with Gasteiger partial charge in [-0.2, -0.15) is 0 Å². The lowest BCUT2D eigenvalue weighted by Gasteiger charge is -2.62. The van der Waals surface area contributed by atoms with E-state index in [0.717, 1.165) is 61.3 Å². The van der Waals surface area contributed by atoms with Gasteiger partial charge in [0.15, 0.2) is 0 Å². The van der Waals surface area contributed by atoms with Gasteiger partial charge in [0, 0.05) is 12.1 Å². The molecule has 1 N–H and O–H groups in total. The largest absolute Gasteiger partial charge is 0.445 e. The van der Waals surface area contributed by atoms with Crippen molar-refractivity contribution < 1.29 is 14.6 Å². The van der Waals surface area contributed by atoms with E-state index in [9.17, 15) is 9.90 Å². The number of amides is 1. The monoisotopic (exact) mass is 409 g/mol. The molecule has 6 aliphatic rings. The number of carbonyl (C=O) groups is 1. The van der Waals surface area contributed by atoms with Crippen molar-refractivity contribution in [1.82, 2.24) is 4.90 Å². The minimum Gasteiger partial charge on any atom is -0.445 e. The van der Waals surface area contributed by atoms with Gasteiger partial charge in [-0.05, 0) is 99.4 Å². The van der Waals surface area contributed by atoms with Crippen molar-refractivity contribution in [3.05, 3.63) is 35.9 Å². The maximum absolute atomic E-state index is 13.0. The Labute approximate surface area is 180 Å². The van der Waals surface area contributed by atoms with E-state index in [1.54, 1.807) is 0 Å². The maximum Gasteiger partial charge on any atom is 0.410 e. The molecule has 2 saturated heterocycles. The summed E-state index contributed by atoms with van der Waals surface area (Å²) in [5.74, 6) is 3.78. The second kappa shape index (κ2) is 7.25. The average molecular weight is 410 g/mol. The first-order valence-corrected chi connectivity index (χ1v) is 12.3. The molecule has 6 bridgehead atoms. The normalized spacial score (nSPS) is 44.2. The smallest absolute Gasteiger partial charge is 0.410 e. The van der Waals surface area contributed by atoms with Crippen LogP contribution in [0.15, 0.2) is 30.3 Å². The average Bonchev–Trinajstić information content (AvgIpc) is 2.71. The lowest BCUT2D eigenvalue weighted by Crippen LogP contribution is -2.65. The highest BCUT2D eigenvalue weighted by atomic mass is 16.6. The summed E-state index contributed by atoms with van der Waals surface area (Å²) in [5.41, 5.74) is 0.451. The third kappa shape index (κ3) is 3.18. The lowest BCUT2D eigenvalue weighted by atomic mass is 9.47. The van der Waals surface area contributed by atoms with Gasteiger partial charge >= 0.3 is 6.09 Å². The summed E-state index contributed by atoms with van der Waals surface area (Å²) in [4.78, 5) is 15.1. The van der Waals surface area contributed by atoms with Crippen LogP contribution in [0, 0.1) is 29.6 Å². The number of rotatable bonds is 3. The summed E-state index contributed by atoms with van der Waals surface area (Å²) >= 11 is 0. The SMILES string of the molecule is O=C(OCc1ccccc1)N1C2CCCC1CC(O)(C1C3CC4CC(C3)CC1C4)C2. The van der Waals surface area contributed by atoms with Crippen molar-refractivity contribution in [3.8, 4) is 0 Å². The van der Waals surface area contributed by atoms with Gasteiger partial charge < -0.3 is 14.7 Å². The van der Waals surface area contributed by atoms with Gasteiger partial charge in [0.05, 0.1) is 5.60 Å². The predicted molar refractivity (Wildman–Crippen MR) is 115 cm³/mol. The second-order valence-corrected chi connectivity index (χ2v) is 11.2. The van der Waals surface area contributed by atoms with Crippen LogP contribution < -0.4 is 0 Å². The van der Waals surface area contributed by atoms with Gasteiger partial charge in [-0.25, -0.2) is 4.79 Å². The van der Waals surface area contributed by atoms with Crippen molar-refractivity contribution in [2.45, 2.75) is 88.5 Å². The topological polar surface area (TPSA) is 49.8 Å². The summed E-state index contributed by atoms with van der Waals surface area (Å²) in [6.45, 7) is 0.329. The Balaban J connectivity index is 1.18. The van der Waals surface area contributed by atoms with Gasteiger partial charge in [-0.1, -0.05) is 30.3 Å². The molecule has 0 radical (unpaired) electrons. The van der Waals surface area contributed by atoms with Gasteiger partial charge in [-0.15, -0.1) is 0 Å². The molecule has 2 atom stereocenters. The highest BCUT2D eigenvalue weighted by Crippen LogP contribution is 2.61. The molecule has 4 saturated carbocycles. The molecule has 2 aliphatic heterocycles. The molecule has 4 heteroatoms. The third-order valence-corrected chi connectivity index (χ3v) is 9.30. The van der Waals surface area contributed by atoms with E-state index in [4.69, 9.17) is 4.74 Å². The first-order chi connectivity index (χ1) is 14.6. The zero-order chi connectivity index (χ0) is 20.3. The molecule has 1 aromatic carbocycles. The summed E-state index contributed by atoms with van der Waals surface area (Å²) in [6, 6.07) is 10.2. The molecule has 1 amide bonds. The number of hydrogen-bond donors (Lipinski definition) is 1. The Morgan fingerprint density at radius 1 is 0.967 bits per heavy atom. The number of hydrogen-bond acceptors (Lipinski definition) is 3. The Bertz CT molecular complexity index is 751. The molecule has 2 unspecified atom stereocenters. The minimum atomic E-state index is -0.575. The number of piperidine rings is 2. The van der Waals surface area contributed by atoms with Crippen LogP contribution in [0.1, 0.15) is 69.8 Å². The molecule has 2 heterocycles. The fourth-order valence-corrected chi connectivity index (χ4v) is 8.63. The molecule has 4 aliphatic carbocycles. The van der Waals surface area contributed by atoms with E-state index < -0.39 is 5.60 Å². The quantitative estimate of drug-likeness (QED) is 0.752. The third-order valence-electron chi connectivity index (χ3n) is 9.30. The molecule has 6 fully saturated rings. The van der Waals surface area contributed by atoms with E-state index in [1.807, 2.05) is 35.2 Å². The van der Waals surface area contributed by atoms with Gasteiger partial charge in [0.1, 0.15) is 6.61 Å². The zero-order valence-corrected chi connectivity index (χ0v) is 17.9. The number of nitrogens with zero attached hydrogens (tertiary/aromatic N) is 1. The van der Waals surface area contributed by atoms with E-state index in [2.05, 4.69) is 0 Å². The number of aliphatic hydroxyl groups is 1. The van der Waals surface area contributed by atoms with Crippen molar-refractivity contribution in [3.63, 3.8) is 0 Å². The Morgan fingerprint density at radius 2 is 1.57 bits per heavy atom. The van der Waals surface area contributed by atoms with Gasteiger partial charge in [0.2, 0.25) is 0 Å². The lowest BCUT2D eigenvalue weighted by molar-refractivity contribution is -0.182. The standard InChI is InChI=1S/C26H35NO3/c28-25(30-16-17-5-2-1-3-6-17)27-22-7-4-8-23(27)15-26(29,14-22)24-20-10-18-9-19(12-20)13-21(24)11-18/h1-3,5-6,18-24,29H,4,7-16H2. The zero-order valence-electron chi connectivity index (χ0n) is 17.9. The first kappa shape index (κ1) is 19.2. The first-order valence-electron chi connectivity index (χ1n) is 12.3. The number of ether oxygens (including phenoxy) is 1. The minimum absolute atomic E-state index is 0.142. The molecule has 162 valence electrons. The highest BCUT2D eigenvalue weighted by molar-refractivity contribution is 5.69. The molecule has 7 rings (SSSR count). The fraction of sp³-hybridized carbons (Fsp3) is 0.731. The predicted octanol–water partition coefficient (Wildman–Crippen LogP) is 5.14. The number of fused-ring (bicyclic) bond motifs is 2. The van der Waals surface area contributed by atoms with Crippen LogP contribution in [0.5, 0.6) is 0 Å². The summed E-state index contributed by atoms with van der Waals surface area (Å²) < 4.78 is 5.72. The molecule has 1 aromatic rings. The molecular formula is C26H35NO3. The van der Waals surface area contributed by atoms with Crippen LogP contribution in [-0.2, 0) is 11.3 Å². The Hall–Kier alpha value is -1.55. The van der Waals surface area contributed by atoms with Crippen LogP contribution >= 0.6 is 0 Å². The van der Waals surface area contributed by atoms with Crippen molar-refractivity contribution in [1.29, 1.82) is 0 Å². The van der Waals surface area contributed by atoms with Crippen LogP contribution in [0.3, 0.4) is 0 Å². The van der Waals surface area contributed by atoms with Crippen LogP contribution in [0.2, 0.25) is 0 Å². The van der Waals surface area contributed by atoms with Crippen molar-refractivity contribution in [2.75, 3.05) is 0 Å². The molecule has 4 nitrogen and oxygen atoms in total. The second-order valence-electron chi connectivity index (χ2n) is 11.2. The molecule has 0 aromatic heterocycles. The number of benzene rings is 1. The number of carbonyl (C=O) groups excluding carboxylic acids is 1. The van der Waals surface area contributed by atoms with Crippen molar-refractivity contribution in [2.24, 2.45) is 29.6 Å². The van der Waals surface area contributed by atoms with E-state index in [0.29, 0.717) is 12.5 Å². The van der Waals surface area contributed by atoms with E-state index >= 15 is 0 Å². The van der Waals surface area contributed by atoms with E-state index in [-0.39, 0.29) is 18.2 Å². The Kier molecular flexibility index (Phi) is 4.63. The summed E-state index contributed by atoms with van der Waals surface area (Å²) in [6.07, 6.45) is 11.3. The molecule has 30 heavy (non-hydrogen) atoms. The summed E-state index contributed by atoms with van der Waals surface area (Å²) in [5, 5.41) is 12.0. The molecule has 0 spiro atoms. The molecular weight excluding hydrogens is 374 g/mol. The highest BCUT2D eigenvalue weighted by Gasteiger charge is 2.59. The van der Waals surface area contributed by atoms with Crippen LogP contribution in [0.4, 0.5) is 4.79 Å². The van der Waals surface area contributed by atoms with Crippen LogP contribution in [-0.4, -0.2) is 33.8 Å². The Morgan fingerprint density at radius 3 is 2.17 bits per heavy atom. The van der Waals surface area contributed by atoms with Crippen LogP contribution in [0.25, 0.3) is 0 Å². The maximum atomic E-state index is 13.0.